The van der Waals surface area contributed by atoms with E-state index in [0.29, 0.717) is 0 Å². The summed E-state index contributed by atoms with van der Waals surface area (Å²) in [6, 6.07) is 0. The molecule has 0 heterocycles. The molecule has 0 aromatic heterocycles. The van der Waals surface area contributed by atoms with Crippen molar-refractivity contribution in [3.63, 3.8) is 0 Å². The maximum atomic E-state index is 8.56. The summed E-state index contributed by atoms with van der Waals surface area (Å²) < 4.78 is 0. The molecule has 23 heavy (non-hydrogen) atoms. The van der Waals surface area contributed by atoms with Crippen LogP contribution in [0.25, 0.3) is 0 Å². The molecule has 0 aliphatic rings. The van der Waals surface area contributed by atoms with Crippen LogP contribution in [-0.4, -0.2) is 16.4 Å². The Morgan fingerprint density at radius 1 is 0.652 bits per heavy atom. The second-order valence-corrected chi connectivity index (χ2v) is 6.09. The third kappa shape index (κ3) is 39.2. The average Bonchev–Trinajstić information content (AvgIpc) is 2.47. The molecule has 134 valence electrons. The first-order chi connectivity index (χ1) is 10.6. The van der Waals surface area contributed by atoms with Gasteiger partial charge in [-0.2, -0.15) is 6.42 Å². The third-order valence-electron chi connectivity index (χ3n) is 3.85. The van der Waals surface area contributed by atoms with E-state index in [1.54, 1.807) is 0 Å². The molecule has 0 aliphatic carbocycles. The van der Waals surface area contributed by atoms with Crippen molar-refractivity contribution >= 4 is 6.16 Å². The summed E-state index contributed by atoms with van der Waals surface area (Å²) >= 11 is 0. The quantitative estimate of drug-likeness (QED) is 0.266. The summed E-state index contributed by atoms with van der Waals surface area (Å²) in [4.78, 5) is 8.56. The van der Waals surface area contributed by atoms with Gasteiger partial charge in [-0.25, -0.2) is 4.79 Å². The van der Waals surface area contributed by atoms with Crippen LogP contribution in [0.5, 0.6) is 0 Å². The van der Waals surface area contributed by atoms with Crippen molar-refractivity contribution in [1.29, 1.82) is 0 Å². The minimum absolute atomic E-state index is 0. The molecule has 0 aliphatic heterocycles. The van der Waals surface area contributed by atoms with Crippen molar-refractivity contribution in [2.45, 2.75) is 110 Å². The minimum Gasteiger partial charge on any atom is -0.450 e. The van der Waals surface area contributed by atoms with Crippen molar-refractivity contribution in [2.75, 3.05) is 0 Å². The van der Waals surface area contributed by atoms with Crippen molar-refractivity contribution in [3.8, 4) is 0 Å². The summed E-state index contributed by atoms with van der Waals surface area (Å²) in [7, 11) is 0. The molecule has 0 amide bonds. The van der Waals surface area contributed by atoms with E-state index >= 15 is 0 Å². The zero-order chi connectivity index (χ0) is 16.9. The second kappa shape index (κ2) is 27.1. The molecule has 4 heteroatoms. The van der Waals surface area contributed by atoms with E-state index < -0.39 is 6.16 Å². The number of carboxylic acid groups (broad SMARTS) is 2. The molecule has 0 saturated carbocycles. The van der Waals surface area contributed by atoms with Crippen LogP contribution in [-0.2, 0) is 0 Å². The number of carbonyl (C=O) groups is 1. The van der Waals surface area contributed by atoms with E-state index in [2.05, 4.69) is 13.8 Å². The van der Waals surface area contributed by atoms with Crippen LogP contribution < -0.4 is 29.6 Å². The molecule has 0 unspecified atom stereocenters. The number of hydrogen-bond donors (Lipinski definition) is 2. The maximum absolute atomic E-state index is 8.56. The summed E-state index contributed by atoms with van der Waals surface area (Å²) in [5, 5.41) is 13.9. The van der Waals surface area contributed by atoms with Gasteiger partial charge in [0, 0.05) is 0 Å². The van der Waals surface area contributed by atoms with Gasteiger partial charge in [-0.05, 0) is 0 Å². The van der Waals surface area contributed by atoms with E-state index in [4.69, 9.17) is 15.0 Å². The van der Waals surface area contributed by atoms with E-state index in [1.165, 1.54) is 96.3 Å². The first-order valence-electron chi connectivity index (χ1n) is 9.36. The molecule has 0 spiro atoms. The van der Waals surface area contributed by atoms with Crippen LogP contribution in [0.1, 0.15) is 110 Å². The largest absolute Gasteiger partial charge is 1.00 e. The summed E-state index contributed by atoms with van der Waals surface area (Å²) in [5.41, 5.74) is 0. The van der Waals surface area contributed by atoms with Gasteiger partial charge in [0.15, 0.2) is 0 Å². The van der Waals surface area contributed by atoms with Crippen molar-refractivity contribution in [1.82, 2.24) is 0 Å². The Labute approximate surface area is 166 Å². The molecule has 0 radical (unpaired) electrons. The van der Waals surface area contributed by atoms with E-state index in [0.717, 1.165) is 6.42 Å². The molecule has 0 saturated heterocycles. The van der Waals surface area contributed by atoms with Gasteiger partial charge in [-0.15, -0.1) is 0 Å². The molecule has 0 bridgehead atoms. The van der Waals surface area contributed by atoms with Crippen LogP contribution in [0.3, 0.4) is 0 Å². The van der Waals surface area contributed by atoms with E-state index in [-0.39, 0.29) is 29.6 Å². The summed E-state index contributed by atoms with van der Waals surface area (Å²) in [6.45, 7) is 6.18. The average molecular weight is 339 g/mol. The van der Waals surface area contributed by atoms with Crippen LogP contribution in [0.4, 0.5) is 4.79 Å². The Hall–Kier alpha value is 0.270. The standard InChI is InChI=1S/C18H37.CH2O3.Na/c1-3-5-7-9-11-13-15-17-18-16-14-12-10-8-6-4-2;2-1(3)4;/h1,3-18H2,2H3;(H2,2,3,4);/q-1;;+1. The second-order valence-electron chi connectivity index (χ2n) is 6.09. The van der Waals surface area contributed by atoms with Gasteiger partial charge in [0.1, 0.15) is 0 Å². The molecule has 2 N–H and O–H groups in total. The van der Waals surface area contributed by atoms with Crippen LogP contribution in [0, 0.1) is 6.92 Å². The number of hydrogen-bond acceptors (Lipinski definition) is 1. The SMILES string of the molecule is O=C(O)O.[CH2-]CCCCCCCCCCCCCCCCC.[Na+]. The van der Waals surface area contributed by atoms with Crippen molar-refractivity contribution < 1.29 is 44.6 Å². The zero-order valence-corrected chi connectivity index (χ0v) is 17.8. The van der Waals surface area contributed by atoms with Crippen LogP contribution in [0.2, 0.25) is 0 Å². The fraction of sp³-hybridized carbons (Fsp3) is 0.895. The smallest absolute Gasteiger partial charge is 0.450 e. The molecule has 0 aromatic carbocycles. The van der Waals surface area contributed by atoms with Gasteiger partial charge in [0.25, 0.3) is 0 Å². The van der Waals surface area contributed by atoms with Gasteiger partial charge >= 0.3 is 35.7 Å². The Bertz CT molecular complexity index is 191. The van der Waals surface area contributed by atoms with Gasteiger partial charge in [0.2, 0.25) is 0 Å². The Morgan fingerprint density at radius 3 is 1.09 bits per heavy atom. The number of rotatable bonds is 15. The fourth-order valence-electron chi connectivity index (χ4n) is 2.55. The Balaban J connectivity index is -0.000000712. The molecule has 0 fully saturated rings. The number of unbranched alkanes of at least 4 members (excludes halogenated alkanes) is 15. The summed E-state index contributed by atoms with van der Waals surface area (Å²) in [6.07, 6.45) is 21.0. The summed E-state index contributed by atoms with van der Waals surface area (Å²) in [5.74, 6) is 0. The fourth-order valence-corrected chi connectivity index (χ4v) is 2.55. The monoisotopic (exact) mass is 338 g/mol. The molecular formula is C19H39NaO3. The molecule has 0 aromatic rings. The molecule has 0 atom stereocenters. The van der Waals surface area contributed by atoms with Crippen LogP contribution in [0.15, 0.2) is 0 Å². The Morgan fingerprint density at radius 2 is 0.870 bits per heavy atom. The van der Waals surface area contributed by atoms with E-state index in [9.17, 15) is 0 Å². The normalized spacial score (nSPS) is 9.65. The van der Waals surface area contributed by atoms with Gasteiger partial charge in [-0.1, -0.05) is 103 Å². The van der Waals surface area contributed by atoms with Gasteiger partial charge in [-0.3, -0.25) is 0 Å². The predicted octanol–water partition coefficient (Wildman–Crippen LogP) is 4.31. The maximum Gasteiger partial charge on any atom is 1.00 e. The topological polar surface area (TPSA) is 57.5 Å². The van der Waals surface area contributed by atoms with E-state index in [1.807, 2.05) is 0 Å². The first-order valence-corrected chi connectivity index (χ1v) is 9.36. The van der Waals surface area contributed by atoms with Crippen molar-refractivity contribution in [3.05, 3.63) is 6.92 Å². The predicted molar refractivity (Wildman–Crippen MR) is 95.6 cm³/mol. The van der Waals surface area contributed by atoms with Crippen molar-refractivity contribution in [2.24, 2.45) is 0 Å². The van der Waals surface area contributed by atoms with Gasteiger partial charge < -0.3 is 17.1 Å². The zero-order valence-electron chi connectivity index (χ0n) is 15.8. The van der Waals surface area contributed by atoms with Gasteiger partial charge in [0.05, 0.1) is 0 Å². The third-order valence-corrected chi connectivity index (χ3v) is 3.85. The Kier molecular flexibility index (Phi) is 33.1. The van der Waals surface area contributed by atoms with Crippen LogP contribution >= 0.6 is 0 Å². The molecule has 3 nitrogen and oxygen atoms in total. The molecular weight excluding hydrogens is 299 g/mol. The minimum atomic E-state index is -1.83. The molecule has 0 rings (SSSR count). The first kappa shape index (κ1) is 28.1.